The van der Waals surface area contributed by atoms with Crippen molar-refractivity contribution in [3.05, 3.63) is 52.8 Å². The van der Waals surface area contributed by atoms with Gasteiger partial charge in [-0.2, -0.15) is 5.10 Å². The largest absolute Gasteiger partial charge is 0.505 e. The first-order chi connectivity index (χ1) is 11.0. The molecule has 0 saturated heterocycles. The molecule has 2 rings (SSSR count). The molecule has 0 radical (unpaired) electrons. The zero-order chi connectivity index (χ0) is 16.8. The lowest BCUT2D eigenvalue weighted by molar-refractivity contribution is 0.280. The highest BCUT2D eigenvalue weighted by Gasteiger charge is 2.09. The Labute approximate surface area is 139 Å². The molecule has 0 saturated carbocycles. The summed E-state index contributed by atoms with van der Waals surface area (Å²) in [7, 11) is 0. The van der Waals surface area contributed by atoms with Crippen LogP contribution in [0.2, 0.25) is 0 Å². The van der Waals surface area contributed by atoms with Crippen molar-refractivity contribution in [1.29, 1.82) is 0 Å². The summed E-state index contributed by atoms with van der Waals surface area (Å²) >= 11 is 5.15. The van der Waals surface area contributed by atoms with Crippen LogP contribution in [0.25, 0.3) is 0 Å². The molecule has 0 fully saturated rings. The number of hydrazone groups is 1. The van der Waals surface area contributed by atoms with Crippen LogP contribution < -0.4 is 10.7 Å². The number of anilines is 1. The Hall–Kier alpha value is -2.51. The number of aliphatic hydroxyl groups excluding tert-OH is 1. The van der Waals surface area contributed by atoms with Crippen molar-refractivity contribution in [2.75, 3.05) is 5.32 Å². The highest BCUT2D eigenvalue weighted by atomic mass is 32.1. The van der Waals surface area contributed by atoms with Crippen molar-refractivity contribution in [3.63, 3.8) is 0 Å². The molecule has 2 aromatic rings. The number of pyridine rings is 1. The van der Waals surface area contributed by atoms with Crippen LogP contribution in [0.4, 0.5) is 5.69 Å². The fourth-order valence-electron chi connectivity index (χ4n) is 1.96. The van der Waals surface area contributed by atoms with Crippen molar-refractivity contribution in [2.45, 2.75) is 20.5 Å². The van der Waals surface area contributed by atoms with Gasteiger partial charge in [0.25, 0.3) is 0 Å². The summed E-state index contributed by atoms with van der Waals surface area (Å²) in [5.41, 5.74) is 6.00. The summed E-state index contributed by atoms with van der Waals surface area (Å²) < 4.78 is 0. The third-order valence-corrected chi connectivity index (χ3v) is 3.36. The monoisotopic (exact) mass is 330 g/mol. The van der Waals surface area contributed by atoms with Gasteiger partial charge in [0.15, 0.2) is 5.11 Å². The number of aryl methyl sites for hydroxylation is 2. The first kappa shape index (κ1) is 16.9. The smallest absolute Gasteiger partial charge is 0.191 e. The van der Waals surface area contributed by atoms with Gasteiger partial charge in [0.05, 0.1) is 18.5 Å². The van der Waals surface area contributed by atoms with E-state index in [-0.39, 0.29) is 12.4 Å². The van der Waals surface area contributed by atoms with Gasteiger partial charge in [0.1, 0.15) is 5.75 Å². The Morgan fingerprint density at radius 2 is 2.17 bits per heavy atom. The van der Waals surface area contributed by atoms with Crippen LogP contribution in [0.3, 0.4) is 0 Å². The maximum Gasteiger partial charge on any atom is 0.191 e. The summed E-state index contributed by atoms with van der Waals surface area (Å²) in [4.78, 5) is 3.99. The van der Waals surface area contributed by atoms with E-state index in [1.54, 1.807) is 6.92 Å². The van der Waals surface area contributed by atoms with E-state index in [1.165, 1.54) is 12.4 Å². The molecule has 0 aliphatic rings. The second-order valence-corrected chi connectivity index (χ2v) is 5.39. The molecule has 7 heteroatoms. The van der Waals surface area contributed by atoms with E-state index in [4.69, 9.17) is 12.2 Å². The van der Waals surface area contributed by atoms with Crippen molar-refractivity contribution >= 4 is 29.2 Å². The van der Waals surface area contributed by atoms with Gasteiger partial charge in [-0.05, 0) is 43.8 Å². The number of nitrogens with one attached hydrogen (secondary N) is 2. The van der Waals surface area contributed by atoms with E-state index in [0.29, 0.717) is 21.9 Å². The first-order valence-corrected chi connectivity index (χ1v) is 7.37. The van der Waals surface area contributed by atoms with E-state index in [9.17, 15) is 10.2 Å². The van der Waals surface area contributed by atoms with Gasteiger partial charge in [0.2, 0.25) is 0 Å². The molecule has 0 atom stereocenters. The van der Waals surface area contributed by atoms with E-state index >= 15 is 0 Å². The zero-order valence-electron chi connectivity index (χ0n) is 12.9. The number of aliphatic hydroxyl groups is 1. The summed E-state index contributed by atoms with van der Waals surface area (Å²) in [6.07, 6.45) is 2.90. The maximum absolute atomic E-state index is 10.00. The lowest BCUT2D eigenvalue weighted by Crippen LogP contribution is -2.23. The first-order valence-electron chi connectivity index (χ1n) is 6.96. The minimum atomic E-state index is -0.242. The van der Waals surface area contributed by atoms with Crippen LogP contribution in [0.15, 0.2) is 35.6 Å². The van der Waals surface area contributed by atoms with Crippen LogP contribution in [-0.2, 0) is 6.61 Å². The number of hydrogen-bond donors (Lipinski definition) is 4. The molecule has 1 aromatic carbocycles. The molecular weight excluding hydrogens is 312 g/mol. The number of thiocarbonyl (C=S) groups is 1. The van der Waals surface area contributed by atoms with Gasteiger partial charge >= 0.3 is 0 Å². The lowest BCUT2D eigenvalue weighted by Gasteiger charge is -2.09. The minimum Gasteiger partial charge on any atom is -0.505 e. The van der Waals surface area contributed by atoms with Gasteiger partial charge in [-0.1, -0.05) is 12.1 Å². The molecule has 23 heavy (non-hydrogen) atoms. The zero-order valence-corrected chi connectivity index (χ0v) is 13.7. The lowest BCUT2D eigenvalue weighted by atomic mass is 10.1. The molecule has 0 unspecified atom stereocenters. The fourth-order valence-corrected chi connectivity index (χ4v) is 2.13. The maximum atomic E-state index is 10.00. The SMILES string of the molecule is Cc1cccc(NC(=S)N/N=C/c2c(CO)cnc(C)c2O)c1. The average Bonchev–Trinajstić information content (AvgIpc) is 2.51. The summed E-state index contributed by atoms with van der Waals surface area (Å²) in [6, 6.07) is 7.77. The Bertz CT molecular complexity index is 747. The number of nitrogens with zero attached hydrogens (tertiary/aromatic N) is 2. The molecule has 120 valence electrons. The summed E-state index contributed by atoms with van der Waals surface area (Å²) in [5.74, 6) is -0.0142. The third-order valence-electron chi connectivity index (χ3n) is 3.16. The summed E-state index contributed by atoms with van der Waals surface area (Å²) in [5, 5.41) is 26.6. The molecule has 0 aliphatic heterocycles. The molecule has 0 spiro atoms. The Morgan fingerprint density at radius 1 is 1.39 bits per heavy atom. The van der Waals surface area contributed by atoms with Crippen LogP contribution in [-0.4, -0.2) is 26.5 Å². The quantitative estimate of drug-likeness (QED) is 0.390. The van der Waals surface area contributed by atoms with Crippen LogP contribution in [0.1, 0.15) is 22.4 Å². The van der Waals surface area contributed by atoms with Gasteiger partial charge < -0.3 is 15.5 Å². The van der Waals surface area contributed by atoms with Gasteiger partial charge in [-0.15, -0.1) is 0 Å². The molecule has 0 amide bonds. The minimum absolute atomic E-state index is 0.0142. The average molecular weight is 330 g/mol. The number of benzene rings is 1. The molecule has 1 aromatic heterocycles. The molecule has 0 aliphatic carbocycles. The second-order valence-electron chi connectivity index (χ2n) is 4.98. The van der Waals surface area contributed by atoms with Crippen molar-refractivity contribution in [2.24, 2.45) is 5.10 Å². The van der Waals surface area contributed by atoms with Crippen molar-refractivity contribution < 1.29 is 10.2 Å². The van der Waals surface area contributed by atoms with E-state index in [1.807, 2.05) is 31.2 Å². The van der Waals surface area contributed by atoms with Crippen LogP contribution >= 0.6 is 12.2 Å². The molecule has 0 bridgehead atoms. The second kappa shape index (κ2) is 7.66. The fraction of sp³-hybridized carbons (Fsp3) is 0.188. The van der Waals surface area contributed by atoms with Gasteiger partial charge in [0, 0.05) is 23.0 Å². The van der Waals surface area contributed by atoms with E-state index in [0.717, 1.165) is 11.3 Å². The summed E-state index contributed by atoms with van der Waals surface area (Å²) in [6.45, 7) is 3.42. The number of aromatic nitrogens is 1. The normalized spacial score (nSPS) is 10.7. The number of aromatic hydroxyl groups is 1. The predicted octanol–water partition coefficient (Wildman–Crippen LogP) is 2.22. The van der Waals surface area contributed by atoms with Gasteiger partial charge in [-0.25, -0.2) is 0 Å². The van der Waals surface area contributed by atoms with E-state index < -0.39 is 0 Å². The predicted molar refractivity (Wildman–Crippen MR) is 94.7 cm³/mol. The topological polar surface area (TPSA) is 89.8 Å². The van der Waals surface area contributed by atoms with Gasteiger partial charge in [-0.3, -0.25) is 10.4 Å². The van der Waals surface area contributed by atoms with Crippen LogP contribution in [0, 0.1) is 13.8 Å². The Morgan fingerprint density at radius 3 is 2.87 bits per heavy atom. The standard InChI is InChI=1S/C16H18N4O2S/c1-10-4-3-5-13(6-10)19-16(23)20-18-8-14-12(9-21)7-17-11(2)15(14)22/h3-8,21-22H,9H2,1-2H3,(H2,19,20,23)/b18-8+. The van der Waals surface area contributed by atoms with Crippen molar-refractivity contribution in [1.82, 2.24) is 10.4 Å². The third kappa shape index (κ3) is 4.48. The van der Waals surface area contributed by atoms with Crippen molar-refractivity contribution in [3.8, 4) is 5.75 Å². The highest BCUT2D eigenvalue weighted by molar-refractivity contribution is 7.80. The molecule has 4 N–H and O–H groups in total. The Balaban J connectivity index is 2.04. The molecule has 6 nitrogen and oxygen atoms in total. The number of rotatable bonds is 4. The highest BCUT2D eigenvalue weighted by Crippen LogP contribution is 2.21. The van der Waals surface area contributed by atoms with E-state index in [2.05, 4.69) is 20.8 Å². The molecule has 1 heterocycles. The number of hydrogen-bond acceptors (Lipinski definition) is 5. The molecular formula is C16H18N4O2S. The Kier molecular flexibility index (Phi) is 5.61. The van der Waals surface area contributed by atoms with Crippen LogP contribution in [0.5, 0.6) is 5.75 Å².